The second kappa shape index (κ2) is 7.07. The molecule has 0 unspecified atom stereocenters. The Morgan fingerprint density at radius 1 is 1.10 bits per heavy atom. The number of hydrogen-bond donors (Lipinski definition) is 0. The van der Waals surface area contributed by atoms with E-state index in [0.717, 1.165) is 5.56 Å². The summed E-state index contributed by atoms with van der Waals surface area (Å²) in [5, 5.41) is 0.456. The molecule has 9 heteroatoms. The first-order valence-electron chi connectivity index (χ1n) is 9.19. The Hall–Kier alpha value is -2.52. The van der Waals surface area contributed by atoms with Crippen LogP contribution in [0.5, 0.6) is 11.5 Å². The number of rotatable bonds is 3. The first-order chi connectivity index (χ1) is 14.0. The fourth-order valence-electron chi connectivity index (χ4n) is 3.79. The summed E-state index contributed by atoms with van der Waals surface area (Å²) >= 11 is 1.38. The number of carbonyl (C=O) groups is 1. The predicted molar refractivity (Wildman–Crippen MR) is 110 cm³/mol. The van der Waals surface area contributed by atoms with Gasteiger partial charge in [-0.05, 0) is 29.8 Å². The zero-order valence-corrected chi connectivity index (χ0v) is 17.0. The van der Waals surface area contributed by atoms with Crippen LogP contribution in [0.1, 0.15) is 15.9 Å². The average Bonchev–Trinajstić information content (AvgIpc) is 3.36. The summed E-state index contributed by atoms with van der Waals surface area (Å²) in [5.41, 5.74) is 1.45. The molecule has 7 nitrogen and oxygen atoms in total. The predicted octanol–water partition coefficient (Wildman–Crippen LogP) is 2.33. The molecule has 3 aliphatic rings. The number of carbonyl (C=O) groups excluding carboxylic acids is 1. The van der Waals surface area contributed by atoms with Gasteiger partial charge in [-0.3, -0.25) is 4.79 Å². The molecular weight excluding hydrogens is 412 g/mol. The van der Waals surface area contributed by atoms with Crippen LogP contribution in [0.3, 0.4) is 0 Å². The highest BCUT2D eigenvalue weighted by atomic mass is 32.2. The molecular formula is C20H18N2O5S2. The van der Waals surface area contributed by atoms with Gasteiger partial charge in [-0.15, -0.1) is 0 Å². The van der Waals surface area contributed by atoms with Crippen molar-refractivity contribution in [3.63, 3.8) is 0 Å². The summed E-state index contributed by atoms with van der Waals surface area (Å²) < 4.78 is 35.1. The molecule has 5 rings (SSSR count). The van der Waals surface area contributed by atoms with Crippen LogP contribution in [0.2, 0.25) is 0 Å². The molecule has 0 aliphatic carbocycles. The number of thioether (sulfide) groups is 1. The smallest absolute Gasteiger partial charge is 0.279 e. The molecule has 0 radical (unpaired) electrons. The quantitative estimate of drug-likeness (QED) is 0.739. The van der Waals surface area contributed by atoms with Gasteiger partial charge in [-0.1, -0.05) is 36.0 Å². The fraction of sp³-hybridized carbons (Fsp3) is 0.300. The van der Waals surface area contributed by atoms with Gasteiger partial charge in [0.2, 0.25) is 6.79 Å². The average molecular weight is 431 g/mol. The molecule has 0 N–H and O–H groups in total. The molecule has 3 heterocycles. The highest BCUT2D eigenvalue weighted by molar-refractivity contribution is 8.15. The number of fused-ring (bicyclic) bond motifs is 2. The first kappa shape index (κ1) is 18.5. The maximum Gasteiger partial charge on any atom is 0.279 e. The molecule has 2 aromatic rings. The summed E-state index contributed by atoms with van der Waals surface area (Å²) in [4.78, 5) is 18.9. The Morgan fingerprint density at radius 2 is 1.90 bits per heavy atom. The van der Waals surface area contributed by atoms with E-state index in [4.69, 9.17) is 9.47 Å². The van der Waals surface area contributed by atoms with Crippen molar-refractivity contribution in [2.75, 3.05) is 18.3 Å². The minimum absolute atomic E-state index is 0.0771. The third-order valence-electron chi connectivity index (χ3n) is 5.18. The Kier molecular flexibility index (Phi) is 4.51. The van der Waals surface area contributed by atoms with E-state index in [1.807, 2.05) is 29.2 Å². The molecule has 2 fully saturated rings. The van der Waals surface area contributed by atoms with Gasteiger partial charge in [-0.25, -0.2) is 8.42 Å². The van der Waals surface area contributed by atoms with Crippen LogP contribution >= 0.6 is 11.8 Å². The van der Waals surface area contributed by atoms with E-state index in [1.54, 1.807) is 24.3 Å². The molecule has 0 saturated carbocycles. The molecule has 2 aromatic carbocycles. The van der Waals surface area contributed by atoms with Gasteiger partial charge in [0.1, 0.15) is 0 Å². The second-order valence-electron chi connectivity index (χ2n) is 7.18. The standard InChI is InChI=1S/C20H18N2O5S2/c23-19(14-4-2-1-3-5-14)21-20-22(15-10-29(24,25)11-18(15)28-20)9-13-6-7-16-17(8-13)27-12-26-16/h1-8,15,18H,9-12H2/t15-,18+/m1/s1. The Balaban J connectivity index is 1.46. The van der Waals surface area contributed by atoms with Crippen molar-refractivity contribution in [2.24, 2.45) is 4.99 Å². The summed E-state index contributed by atoms with van der Waals surface area (Å²) in [6.45, 7) is 0.640. The lowest BCUT2D eigenvalue weighted by molar-refractivity contribution is 0.100. The SMILES string of the molecule is O=C(N=C1S[C@H]2CS(=O)(=O)C[C@H]2N1Cc1ccc2c(c1)OCO2)c1ccccc1. The lowest BCUT2D eigenvalue weighted by atomic mass is 10.1. The van der Waals surface area contributed by atoms with Gasteiger partial charge >= 0.3 is 0 Å². The maximum atomic E-state index is 12.6. The number of ether oxygens (including phenoxy) is 2. The monoisotopic (exact) mass is 430 g/mol. The third kappa shape index (κ3) is 3.60. The third-order valence-corrected chi connectivity index (χ3v) is 8.43. The summed E-state index contributed by atoms with van der Waals surface area (Å²) in [6.07, 6.45) is 0. The summed E-state index contributed by atoms with van der Waals surface area (Å²) in [6, 6.07) is 14.3. The van der Waals surface area contributed by atoms with Crippen LogP contribution in [0.25, 0.3) is 0 Å². The van der Waals surface area contributed by atoms with Crippen LogP contribution in [0.15, 0.2) is 53.5 Å². The van der Waals surface area contributed by atoms with Crippen LogP contribution in [0.4, 0.5) is 0 Å². The van der Waals surface area contributed by atoms with Crippen LogP contribution in [-0.2, 0) is 16.4 Å². The molecule has 0 spiro atoms. The number of aliphatic imine (C=N–C) groups is 1. The van der Waals surface area contributed by atoms with Crippen molar-refractivity contribution in [1.82, 2.24) is 4.90 Å². The largest absolute Gasteiger partial charge is 0.454 e. The number of benzene rings is 2. The van der Waals surface area contributed by atoms with Crippen molar-refractivity contribution in [1.29, 1.82) is 0 Å². The first-order valence-corrected chi connectivity index (χ1v) is 11.9. The van der Waals surface area contributed by atoms with Crippen LogP contribution < -0.4 is 9.47 Å². The number of amidine groups is 1. The van der Waals surface area contributed by atoms with Gasteiger partial charge in [0.15, 0.2) is 26.5 Å². The van der Waals surface area contributed by atoms with E-state index in [-0.39, 0.29) is 35.5 Å². The molecule has 0 aromatic heterocycles. The number of amides is 1. The van der Waals surface area contributed by atoms with Gasteiger partial charge < -0.3 is 14.4 Å². The van der Waals surface area contributed by atoms with E-state index >= 15 is 0 Å². The highest BCUT2D eigenvalue weighted by Gasteiger charge is 2.48. The van der Waals surface area contributed by atoms with Gasteiger partial charge in [0, 0.05) is 17.4 Å². The minimum atomic E-state index is -3.09. The number of sulfone groups is 1. The second-order valence-corrected chi connectivity index (χ2v) is 10.5. The van der Waals surface area contributed by atoms with Crippen molar-refractivity contribution < 1.29 is 22.7 Å². The maximum absolute atomic E-state index is 12.6. The van der Waals surface area contributed by atoms with Crippen LogP contribution in [-0.4, -0.2) is 54.0 Å². The molecule has 3 aliphatic heterocycles. The summed E-state index contributed by atoms with van der Waals surface area (Å²) in [5.74, 6) is 1.22. The van der Waals surface area contributed by atoms with Crippen LogP contribution in [0, 0.1) is 0 Å². The molecule has 0 bridgehead atoms. The molecule has 150 valence electrons. The van der Waals surface area contributed by atoms with Gasteiger partial charge in [0.25, 0.3) is 5.91 Å². The Morgan fingerprint density at radius 3 is 2.72 bits per heavy atom. The fourth-order valence-corrected chi connectivity index (χ4v) is 7.74. The van der Waals surface area contributed by atoms with E-state index in [1.165, 1.54) is 11.8 Å². The minimum Gasteiger partial charge on any atom is -0.454 e. The molecule has 2 atom stereocenters. The van der Waals surface area contributed by atoms with Crippen molar-refractivity contribution in [3.05, 3.63) is 59.7 Å². The van der Waals surface area contributed by atoms with Gasteiger partial charge in [-0.2, -0.15) is 4.99 Å². The van der Waals surface area contributed by atoms with E-state index < -0.39 is 9.84 Å². The lowest BCUT2D eigenvalue weighted by Gasteiger charge is -2.24. The topological polar surface area (TPSA) is 85.3 Å². The van der Waals surface area contributed by atoms with E-state index in [0.29, 0.717) is 28.8 Å². The molecule has 29 heavy (non-hydrogen) atoms. The lowest BCUT2D eigenvalue weighted by Crippen LogP contribution is -2.37. The van der Waals surface area contributed by atoms with Crippen molar-refractivity contribution >= 4 is 32.7 Å². The Labute approximate surface area is 172 Å². The van der Waals surface area contributed by atoms with Crippen molar-refractivity contribution in [2.45, 2.75) is 17.8 Å². The van der Waals surface area contributed by atoms with Gasteiger partial charge in [0.05, 0.1) is 17.5 Å². The number of nitrogens with zero attached hydrogens (tertiary/aromatic N) is 2. The van der Waals surface area contributed by atoms with E-state index in [2.05, 4.69) is 4.99 Å². The zero-order valence-electron chi connectivity index (χ0n) is 15.4. The summed E-state index contributed by atoms with van der Waals surface area (Å²) in [7, 11) is -3.09. The normalized spacial score (nSPS) is 25.4. The van der Waals surface area contributed by atoms with Crippen molar-refractivity contribution in [3.8, 4) is 11.5 Å². The zero-order chi connectivity index (χ0) is 20.0. The molecule has 2 saturated heterocycles. The highest BCUT2D eigenvalue weighted by Crippen LogP contribution is 2.40. The molecule has 1 amide bonds. The number of hydrogen-bond acceptors (Lipinski definition) is 6. The van der Waals surface area contributed by atoms with E-state index in [9.17, 15) is 13.2 Å². The Bertz CT molecular complexity index is 1100.